The number of hydrogen-bond donors (Lipinski definition) is 1. The molecule has 164 valence electrons. The number of nitrogens with zero attached hydrogens (tertiary/aromatic N) is 4. The fraction of sp³-hybridized carbons (Fsp3) is 0.600. The molecule has 0 bridgehead atoms. The molecule has 1 aromatic heterocycles. The van der Waals surface area contributed by atoms with Gasteiger partial charge in [0, 0.05) is 18.0 Å². The van der Waals surface area contributed by atoms with Gasteiger partial charge in [-0.15, -0.1) is 0 Å². The maximum atomic E-state index is 15.0. The van der Waals surface area contributed by atoms with Crippen molar-refractivity contribution in [1.29, 1.82) is 0 Å². The summed E-state index contributed by atoms with van der Waals surface area (Å²) >= 11 is 9.41. The molecule has 2 aliphatic rings. The van der Waals surface area contributed by atoms with Crippen molar-refractivity contribution < 1.29 is 19.0 Å². The van der Waals surface area contributed by atoms with Gasteiger partial charge in [0.05, 0.1) is 29.3 Å². The molecule has 1 unspecified atom stereocenters. The fourth-order valence-corrected chi connectivity index (χ4v) is 4.48. The van der Waals surface area contributed by atoms with Gasteiger partial charge in [-0.3, -0.25) is 0 Å². The number of hydrogen-bond acceptors (Lipinski definition) is 7. The number of aromatic nitrogens is 2. The van der Waals surface area contributed by atoms with Gasteiger partial charge in [0.15, 0.2) is 5.82 Å². The van der Waals surface area contributed by atoms with Gasteiger partial charge >= 0.3 is 6.01 Å². The summed E-state index contributed by atoms with van der Waals surface area (Å²) in [6.07, 6.45) is 2.16. The van der Waals surface area contributed by atoms with Crippen molar-refractivity contribution in [3.05, 3.63) is 21.4 Å². The maximum absolute atomic E-state index is 15.0. The Labute approximate surface area is 188 Å². The number of benzene rings is 1. The van der Waals surface area contributed by atoms with Gasteiger partial charge in [-0.1, -0.05) is 11.6 Å². The van der Waals surface area contributed by atoms with E-state index in [0.29, 0.717) is 31.0 Å². The summed E-state index contributed by atoms with van der Waals surface area (Å²) < 4.78 is 26.6. The van der Waals surface area contributed by atoms with E-state index < -0.39 is 11.4 Å². The quantitative estimate of drug-likeness (QED) is 0.642. The van der Waals surface area contributed by atoms with Crippen molar-refractivity contribution in [2.75, 3.05) is 51.4 Å². The van der Waals surface area contributed by atoms with Crippen LogP contribution >= 0.6 is 27.5 Å². The normalized spacial score (nSPS) is 25.7. The summed E-state index contributed by atoms with van der Waals surface area (Å²) in [7, 11) is 2.06. The summed E-state index contributed by atoms with van der Waals surface area (Å²) in [6, 6.07) is 2.02. The molecule has 0 radical (unpaired) electrons. The zero-order chi connectivity index (χ0) is 21.5. The predicted octanol–water partition coefficient (Wildman–Crippen LogP) is 3.25. The Morgan fingerprint density at radius 3 is 2.97 bits per heavy atom. The Morgan fingerprint density at radius 1 is 1.43 bits per heavy atom. The molecule has 0 aliphatic carbocycles. The second-order valence-electron chi connectivity index (χ2n) is 8.27. The predicted molar refractivity (Wildman–Crippen MR) is 117 cm³/mol. The minimum absolute atomic E-state index is 0.107. The topological polar surface area (TPSA) is 71.0 Å². The molecule has 0 spiro atoms. The second-order valence-corrected chi connectivity index (χ2v) is 9.47. The number of rotatable bonds is 4. The first-order valence-corrected chi connectivity index (χ1v) is 11.2. The molecule has 10 heteroatoms. The standard InChI is InChI=1S/C20H25BrClFN4O3/c1-20(28)10-27(6-7-29-11-20)18-13-8-14(22)15(21)16(23)17(13)24-19(25-18)30-9-12-4-3-5-26(12)2/h8,12,28H,3-7,9-11H2,1-2H3/t12-,20?/m0/s1. The van der Waals surface area contributed by atoms with Gasteiger partial charge in [0.25, 0.3) is 0 Å². The lowest BCUT2D eigenvalue weighted by atomic mass is 10.1. The highest BCUT2D eigenvalue weighted by Gasteiger charge is 2.30. The average molecular weight is 504 g/mol. The highest BCUT2D eigenvalue weighted by molar-refractivity contribution is 9.10. The van der Waals surface area contributed by atoms with E-state index in [0.717, 1.165) is 19.4 Å². The van der Waals surface area contributed by atoms with E-state index in [-0.39, 0.29) is 40.2 Å². The van der Waals surface area contributed by atoms with Crippen LogP contribution in [-0.4, -0.2) is 78.1 Å². The summed E-state index contributed by atoms with van der Waals surface area (Å²) in [5.41, 5.74) is -0.949. The summed E-state index contributed by atoms with van der Waals surface area (Å²) in [5, 5.41) is 11.3. The van der Waals surface area contributed by atoms with Crippen LogP contribution in [0.4, 0.5) is 10.2 Å². The zero-order valence-electron chi connectivity index (χ0n) is 17.0. The first kappa shape index (κ1) is 22.0. The number of anilines is 1. The van der Waals surface area contributed by atoms with E-state index in [1.165, 1.54) is 0 Å². The molecule has 2 aromatic rings. The van der Waals surface area contributed by atoms with Crippen LogP contribution in [0.1, 0.15) is 19.8 Å². The van der Waals surface area contributed by atoms with Crippen molar-refractivity contribution in [3.8, 4) is 6.01 Å². The minimum Gasteiger partial charge on any atom is -0.462 e. The van der Waals surface area contributed by atoms with Crippen molar-refractivity contribution in [2.45, 2.75) is 31.4 Å². The smallest absolute Gasteiger partial charge is 0.319 e. The molecule has 2 aliphatic heterocycles. The Hall–Kier alpha value is -1.26. The molecule has 2 fully saturated rings. The van der Waals surface area contributed by atoms with Gasteiger partial charge in [-0.25, -0.2) is 4.39 Å². The lowest BCUT2D eigenvalue weighted by Crippen LogP contribution is -2.42. The molecular formula is C20H25BrClFN4O3. The van der Waals surface area contributed by atoms with Crippen LogP contribution in [0.15, 0.2) is 10.5 Å². The second kappa shape index (κ2) is 8.70. The molecule has 2 atom stereocenters. The molecular weight excluding hydrogens is 479 g/mol. The molecule has 1 N–H and O–H groups in total. The van der Waals surface area contributed by atoms with E-state index in [1.54, 1.807) is 13.0 Å². The third kappa shape index (κ3) is 4.50. The van der Waals surface area contributed by atoms with Crippen molar-refractivity contribution in [2.24, 2.45) is 0 Å². The number of β-amino-alcohol motifs (C(OH)–C–C–N with tert-alkyl or cyclic N) is 1. The first-order valence-electron chi connectivity index (χ1n) is 9.98. The first-order chi connectivity index (χ1) is 14.2. The fourth-order valence-electron chi connectivity index (χ4n) is 3.99. The largest absolute Gasteiger partial charge is 0.462 e. The number of fused-ring (bicyclic) bond motifs is 1. The SMILES string of the molecule is CN1CCC[C@H]1COc1nc(N2CCOCC(C)(O)C2)c2cc(Cl)c(Br)c(F)c2n1. The Balaban J connectivity index is 1.76. The van der Waals surface area contributed by atoms with Gasteiger partial charge in [-0.2, -0.15) is 9.97 Å². The highest BCUT2D eigenvalue weighted by Crippen LogP contribution is 2.36. The maximum Gasteiger partial charge on any atom is 0.319 e. The molecule has 7 nitrogen and oxygen atoms in total. The van der Waals surface area contributed by atoms with Crippen LogP contribution in [0.25, 0.3) is 10.9 Å². The van der Waals surface area contributed by atoms with Crippen LogP contribution in [0.3, 0.4) is 0 Å². The number of likely N-dealkylation sites (N-methyl/N-ethyl adjacent to an activating group) is 1. The van der Waals surface area contributed by atoms with Crippen molar-refractivity contribution in [3.63, 3.8) is 0 Å². The van der Waals surface area contributed by atoms with E-state index in [9.17, 15) is 5.11 Å². The summed E-state index contributed by atoms with van der Waals surface area (Å²) in [6.45, 7) is 4.55. The number of halogens is 3. The molecule has 4 rings (SSSR count). The Kier molecular flexibility index (Phi) is 6.37. The van der Waals surface area contributed by atoms with Crippen LogP contribution in [-0.2, 0) is 4.74 Å². The van der Waals surface area contributed by atoms with Crippen molar-refractivity contribution in [1.82, 2.24) is 14.9 Å². The minimum atomic E-state index is -1.07. The third-order valence-electron chi connectivity index (χ3n) is 5.61. The molecule has 0 amide bonds. The van der Waals surface area contributed by atoms with Crippen molar-refractivity contribution >= 4 is 44.3 Å². The van der Waals surface area contributed by atoms with Crippen LogP contribution in [0.2, 0.25) is 5.02 Å². The molecule has 1 aromatic carbocycles. The van der Waals surface area contributed by atoms with Gasteiger partial charge in [0.2, 0.25) is 0 Å². The third-order valence-corrected chi connectivity index (χ3v) is 6.91. The van der Waals surface area contributed by atoms with Gasteiger partial charge in [0.1, 0.15) is 23.5 Å². The molecule has 3 heterocycles. The summed E-state index contributed by atoms with van der Waals surface area (Å²) in [5.74, 6) is -0.101. The lowest BCUT2D eigenvalue weighted by Gasteiger charge is -2.29. The Bertz CT molecular complexity index is 948. The van der Waals surface area contributed by atoms with E-state index >= 15 is 4.39 Å². The number of likely N-dealkylation sites (tertiary alicyclic amines) is 1. The Morgan fingerprint density at radius 2 is 2.23 bits per heavy atom. The van der Waals surface area contributed by atoms with Gasteiger partial charge in [-0.05, 0) is 55.4 Å². The summed E-state index contributed by atoms with van der Waals surface area (Å²) in [4.78, 5) is 13.0. The molecule has 30 heavy (non-hydrogen) atoms. The molecule has 2 saturated heterocycles. The monoisotopic (exact) mass is 502 g/mol. The van der Waals surface area contributed by atoms with E-state index in [4.69, 9.17) is 21.1 Å². The van der Waals surface area contributed by atoms with E-state index in [1.807, 2.05) is 4.90 Å². The molecule has 0 saturated carbocycles. The van der Waals surface area contributed by atoms with E-state index in [2.05, 4.69) is 37.8 Å². The van der Waals surface area contributed by atoms with Gasteiger partial charge < -0.3 is 24.4 Å². The van der Waals surface area contributed by atoms with Crippen LogP contribution in [0.5, 0.6) is 6.01 Å². The van der Waals surface area contributed by atoms with Crippen LogP contribution in [0, 0.1) is 5.82 Å². The number of ether oxygens (including phenoxy) is 2. The highest BCUT2D eigenvalue weighted by atomic mass is 79.9. The lowest BCUT2D eigenvalue weighted by molar-refractivity contribution is -0.0123. The number of aliphatic hydroxyl groups is 1. The zero-order valence-corrected chi connectivity index (χ0v) is 19.3. The van der Waals surface area contributed by atoms with Crippen LogP contribution < -0.4 is 9.64 Å². The average Bonchev–Trinajstić information content (AvgIpc) is 3.02.